The normalized spacial score (nSPS) is 11.3. The molecular weight excluding hydrogens is 168 g/mol. The maximum absolute atomic E-state index is 11.4. The van der Waals surface area contributed by atoms with Crippen LogP contribution in [-0.4, -0.2) is 22.7 Å². The Kier molecular flexibility index (Phi) is 2.27. The summed E-state index contributed by atoms with van der Waals surface area (Å²) < 4.78 is 1.54. The Morgan fingerprint density at radius 3 is 2.69 bits per heavy atom. The van der Waals surface area contributed by atoms with Crippen molar-refractivity contribution in [2.24, 2.45) is 0 Å². The van der Waals surface area contributed by atoms with Crippen LogP contribution in [-0.2, 0) is 10.3 Å². The highest BCUT2D eigenvalue weighted by Crippen LogP contribution is 2.15. The number of aromatic nitrogens is 2. The lowest BCUT2D eigenvalue weighted by Crippen LogP contribution is -2.43. The summed E-state index contributed by atoms with van der Waals surface area (Å²) in [6.07, 6.45) is 3.15. The fraction of sp³-hybridized carbons (Fsp3) is 0.500. The van der Waals surface area contributed by atoms with Gasteiger partial charge in [0.1, 0.15) is 5.54 Å². The molecule has 1 rings (SSSR count). The van der Waals surface area contributed by atoms with Gasteiger partial charge < -0.3 is 11.1 Å². The van der Waals surface area contributed by atoms with Crippen molar-refractivity contribution in [3.8, 4) is 0 Å². The second kappa shape index (κ2) is 3.08. The Balaban J connectivity index is 2.99. The monoisotopic (exact) mass is 182 g/mol. The summed E-state index contributed by atoms with van der Waals surface area (Å²) in [5.74, 6) is -0.101. The van der Waals surface area contributed by atoms with Gasteiger partial charge in [-0.2, -0.15) is 5.10 Å². The number of nitrogens with zero attached hydrogens (tertiary/aromatic N) is 2. The number of nitrogens with one attached hydrogen (secondary N) is 1. The molecule has 0 fully saturated rings. The molecule has 0 aliphatic heterocycles. The molecule has 1 aromatic heterocycles. The van der Waals surface area contributed by atoms with Gasteiger partial charge in [-0.15, -0.1) is 0 Å². The van der Waals surface area contributed by atoms with E-state index in [1.165, 1.54) is 6.20 Å². The van der Waals surface area contributed by atoms with E-state index < -0.39 is 5.54 Å². The van der Waals surface area contributed by atoms with E-state index in [0.717, 1.165) is 0 Å². The second-order valence-corrected chi connectivity index (χ2v) is 3.36. The van der Waals surface area contributed by atoms with Crippen LogP contribution in [0.2, 0.25) is 0 Å². The predicted molar refractivity (Wildman–Crippen MR) is 50.0 cm³/mol. The second-order valence-electron chi connectivity index (χ2n) is 3.36. The topological polar surface area (TPSA) is 72.9 Å². The highest BCUT2D eigenvalue weighted by atomic mass is 16.2. The minimum absolute atomic E-state index is 0.101. The predicted octanol–water partition coefficient (Wildman–Crippen LogP) is -0.0536. The van der Waals surface area contributed by atoms with Crippen LogP contribution in [0, 0.1) is 0 Å². The average Bonchev–Trinajstić information content (AvgIpc) is 2.50. The van der Waals surface area contributed by atoms with Crippen molar-refractivity contribution < 1.29 is 4.79 Å². The zero-order valence-electron chi connectivity index (χ0n) is 8.03. The summed E-state index contributed by atoms with van der Waals surface area (Å²) in [5, 5.41) is 6.56. The lowest BCUT2D eigenvalue weighted by molar-refractivity contribution is -0.128. The molecule has 5 nitrogen and oxygen atoms in total. The molecule has 0 bridgehead atoms. The van der Waals surface area contributed by atoms with Gasteiger partial charge in [0.05, 0.1) is 11.9 Å². The number of carbonyl (C=O) groups excluding carboxylic acids is 1. The molecule has 13 heavy (non-hydrogen) atoms. The number of likely N-dealkylation sites (N-methyl/N-ethyl adjacent to an activating group) is 1. The first-order chi connectivity index (χ1) is 5.98. The average molecular weight is 182 g/mol. The molecule has 3 N–H and O–H groups in total. The summed E-state index contributed by atoms with van der Waals surface area (Å²) in [4.78, 5) is 11.4. The van der Waals surface area contributed by atoms with Gasteiger partial charge in [0.2, 0.25) is 5.91 Å². The highest BCUT2D eigenvalue weighted by Gasteiger charge is 2.29. The molecule has 0 aliphatic rings. The molecule has 0 atom stereocenters. The molecule has 1 aromatic rings. The zero-order valence-corrected chi connectivity index (χ0v) is 8.03. The molecule has 1 amide bonds. The Morgan fingerprint density at radius 1 is 1.69 bits per heavy atom. The van der Waals surface area contributed by atoms with Gasteiger partial charge >= 0.3 is 0 Å². The lowest BCUT2D eigenvalue weighted by Gasteiger charge is -2.22. The number of amides is 1. The summed E-state index contributed by atoms with van der Waals surface area (Å²) in [6.45, 7) is 3.55. The molecule has 0 aromatic carbocycles. The molecule has 0 saturated heterocycles. The van der Waals surface area contributed by atoms with Crippen LogP contribution < -0.4 is 11.1 Å². The Morgan fingerprint density at radius 2 is 2.31 bits per heavy atom. The van der Waals surface area contributed by atoms with Crippen LogP contribution in [0.3, 0.4) is 0 Å². The molecule has 0 aliphatic carbocycles. The van der Waals surface area contributed by atoms with E-state index in [1.807, 2.05) is 0 Å². The first-order valence-electron chi connectivity index (χ1n) is 4.01. The maximum Gasteiger partial charge on any atom is 0.247 e. The molecular formula is C8H14N4O. The van der Waals surface area contributed by atoms with Crippen molar-refractivity contribution in [2.45, 2.75) is 19.4 Å². The largest absolute Gasteiger partial charge is 0.396 e. The fourth-order valence-corrected chi connectivity index (χ4v) is 1.05. The first-order valence-corrected chi connectivity index (χ1v) is 4.01. The number of rotatable bonds is 2. The Hall–Kier alpha value is -1.52. The van der Waals surface area contributed by atoms with Gasteiger partial charge in [-0.1, -0.05) is 0 Å². The third-order valence-corrected chi connectivity index (χ3v) is 1.96. The smallest absolute Gasteiger partial charge is 0.247 e. The van der Waals surface area contributed by atoms with Gasteiger partial charge in [0.15, 0.2) is 0 Å². The van der Waals surface area contributed by atoms with Crippen LogP contribution in [0.1, 0.15) is 13.8 Å². The van der Waals surface area contributed by atoms with Gasteiger partial charge in [-0.3, -0.25) is 9.48 Å². The van der Waals surface area contributed by atoms with Crippen LogP contribution in [0.4, 0.5) is 5.69 Å². The van der Waals surface area contributed by atoms with Gasteiger partial charge in [0.25, 0.3) is 0 Å². The highest BCUT2D eigenvalue weighted by molar-refractivity contribution is 5.83. The number of carbonyl (C=O) groups is 1. The minimum atomic E-state index is -0.702. The third-order valence-electron chi connectivity index (χ3n) is 1.96. The zero-order chi connectivity index (χ0) is 10.1. The standard InChI is InChI=1S/C8H14N4O/c1-8(2,7(13)10-3)12-5-6(9)4-11-12/h4-5H,9H2,1-3H3,(H,10,13). The van der Waals surface area contributed by atoms with Crippen molar-refractivity contribution in [3.05, 3.63) is 12.4 Å². The molecule has 0 radical (unpaired) electrons. The van der Waals surface area contributed by atoms with Crippen LogP contribution in [0.15, 0.2) is 12.4 Å². The summed E-state index contributed by atoms with van der Waals surface area (Å²) in [5.41, 5.74) is 5.35. The fourth-order valence-electron chi connectivity index (χ4n) is 1.05. The van der Waals surface area contributed by atoms with E-state index in [9.17, 15) is 4.79 Å². The lowest BCUT2D eigenvalue weighted by atomic mass is 10.1. The van der Waals surface area contributed by atoms with Crippen LogP contribution >= 0.6 is 0 Å². The molecule has 72 valence electrons. The molecule has 0 unspecified atom stereocenters. The molecule has 1 heterocycles. The number of hydrogen-bond acceptors (Lipinski definition) is 3. The van der Waals surface area contributed by atoms with Crippen molar-refractivity contribution in [1.29, 1.82) is 0 Å². The van der Waals surface area contributed by atoms with Crippen LogP contribution in [0.5, 0.6) is 0 Å². The van der Waals surface area contributed by atoms with Crippen LogP contribution in [0.25, 0.3) is 0 Å². The minimum Gasteiger partial charge on any atom is -0.396 e. The van der Waals surface area contributed by atoms with Crippen molar-refractivity contribution in [2.75, 3.05) is 12.8 Å². The summed E-state index contributed by atoms with van der Waals surface area (Å²) in [7, 11) is 1.59. The Labute approximate surface area is 76.9 Å². The SMILES string of the molecule is CNC(=O)C(C)(C)n1cc(N)cn1. The number of nitrogen functional groups attached to an aromatic ring is 1. The third kappa shape index (κ3) is 1.63. The van der Waals surface area contributed by atoms with E-state index >= 15 is 0 Å². The van der Waals surface area contributed by atoms with E-state index in [0.29, 0.717) is 5.69 Å². The number of anilines is 1. The van der Waals surface area contributed by atoms with E-state index in [-0.39, 0.29) is 5.91 Å². The molecule has 5 heteroatoms. The van der Waals surface area contributed by atoms with E-state index in [2.05, 4.69) is 10.4 Å². The van der Waals surface area contributed by atoms with Crippen molar-refractivity contribution in [1.82, 2.24) is 15.1 Å². The molecule has 0 saturated carbocycles. The van der Waals surface area contributed by atoms with Gasteiger partial charge in [-0.05, 0) is 13.8 Å². The van der Waals surface area contributed by atoms with E-state index in [4.69, 9.17) is 5.73 Å². The maximum atomic E-state index is 11.4. The quantitative estimate of drug-likeness (QED) is 0.673. The van der Waals surface area contributed by atoms with Crippen molar-refractivity contribution in [3.63, 3.8) is 0 Å². The number of nitrogens with two attached hydrogens (primary N) is 1. The van der Waals surface area contributed by atoms with Gasteiger partial charge in [0, 0.05) is 13.2 Å². The van der Waals surface area contributed by atoms with Crippen molar-refractivity contribution >= 4 is 11.6 Å². The summed E-state index contributed by atoms with van der Waals surface area (Å²) in [6, 6.07) is 0. The van der Waals surface area contributed by atoms with E-state index in [1.54, 1.807) is 31.8 Å². The van der Waals surface area contributed by atoms with Gasteiger partial charge in [-0.25, -0.2) is 0 Å². The first kappa shape index (κ1) is 9.57. The number of hydrogen-bond donors (Lipinski definition) is 2. The summed E-state index contributed by atoms with van der Waals surface area (Å²) >= 11 is 0. The Bertz CT molecular complexity index is 316. The molecule has 0 spiro atoms.